The molecule has 6 rings (SSSR count). The fourth-order valence-electron chi connectivity index (χ4n) is 5.92. The van der Waals surface area contributed by atoms with Crippen molar-refractivity contribution in [3.05, 3.63) is 69.8 Å². The first kappa shape index (κ1) is 29.8. The first-order valence-electron chi connectivity index (χ1n) is 14.0. The van der Waals surface area contributed by atoms with E-state index in [0.29, 0.717) is 11.1 Å². The van der Waals surface area contributed by atoms with Crippen LogP contribution in [0.15, 0.2) is 36.4 Å². The maximum Gasteiger partial charge on any atom is 0.180 e. The second kappa shape index (κ2) is 10.8. The maximum absolute atomic E-state index is 6.83. The molecular weight excluding hydrogens is 505 g/mol. The summed E-state index contributed by atoms with van der Waals surface area (Å²) in [7, 11) is -6.89. The summed E-state index contributed by atoms with van der Waals surface area (Å²) in [5.74, 6) is 0. The molecule has 0 radical (unpaired) electrons. The van der Waals surface area contributed by atoms with Crippen molar-refractivity contribution in [2.45, 2.75) is 116 Å². The van der Waals surface area contributed by atoms with Gasteiger partial charge in [0.2, 0.25) is 0 Å². The van der Waals surface area contributed by atoms with E-state index < -0.39 is 33.3 Å². The number of hydrogen-bond acceptors (Lipinski definition) is 2. The molecule has 4 aliphatic carbocycles. The van der Waals surface area contributed by atoms with E-state index >= 15 is 0 Å². The molecule has 2 aromatic rings. The Bertz CT molecular complexity index is 978. The fourth-order valence-corrected chi connectivity index (χ4v) is 22.0. The fraction of sp³-hybridized carbons (Fsp3) is 0.600. The van der Waals surface area contributed by atoms with Crippen LogP contribution >= 0.6 is 0 Å². The first-order valence-corrected chi connectivity index (χ1v) is 26.8. The van der Waals surface area contributed by atoms with Crippen molar-refractivity contribution in [1.82, 2.24) is 0 Å². The SMILES string of the molecule is CC(c1cc2ccc1CCc1ccc(c(C(C)[Si](C)(C)O[Si](C)(C)C)c1)CC2)[Si](C)(C)O[Si](C)(C)C. The summed E-state index contributed by atoms with van der Waals surface area (Å²) in [6.45, 7) is 28.6. The second-order valence-corrected chi connectivity index (χ2v) is 32.4. The minimum atomic E-state index is -1.86. The third-order valence-electron chi connectivity index (χ3n) is 7.94. The molecule has 2 aromatic carbocycles. The Morgan fingerprint density at radius 3 is 1.17 bits per heavy atom. The van der Waals surface area contributed by atoms with Gasteiger partial charge in [0.05, 0.1) is 0 Å². The minimum absolute atomic E-state index is 0.490. The van der Waals surface area contributed by atoms with Gasteiger partial charge in [0, 0.05) is 0 Å². The Morgan fingerprint density at radius 2 is 0.861 bits per heavy atom. The van der Waals surface area contributed by atoms with Crippen molar-refractivity contribution in [1.29, 1.82) is 0 Å². The zero-order valence-corrected chi connectivity index (χ0v) is 29.3. The van der Waals surface area contributed by atoms with E-state index in [1.54, 1.807) is 11.1 Å². The molecule has 0 amide bonds. The Hall–Kier alpha value is -0.772. The summed E-state index contributed by atoms with van der Waals surface area (Å²) >= 11 is 0. The average molecular weight is 557 g/mol. The van der Waals surface area contributed by atoms with E-state index in [4.69, 9.17) is 8.23 Å². The van der Waals surface area contributed by atoms with Crippen molar-refractivity contribution in [2.24, 2.45) is 0 Å². The van der Waals surface area contributed by atoms with Gasteiger partial charge in [0.25, 0.3) is 0 Å². The Morgan fingerprint density at radius 1 is 0.528 bits per heavy atom. The van der Waals surface area contributed by atoms with Crippen LogP contribution in [0.2, 0.25) is 65.5 Å². The summed E-state index contributed by atoms with van der Waals surface area (Å²) in [6, 6.07) is 14.7. The quantitative estimate of drug-likeness (QED) is 0.302. The zero-order valence-electron chi connectivity index (χ0n) is 25.3. The first-order chi connectivity index (χ1) is 16.4. The molecule has 4 aliphatic rings. The van der Waals surface area contributed by atoms with Gasteiger partial charge >= 0.3 is 0 Å². The van der Waals surface area contributed by atoms with Crippen LogP contribution in [0, 0.1) is 0 Å². The lowest BCUT2D eigenvalue weighted by Crippen LogP contribution is -2.46. The predicted octanol–water partition coefficient (Wildman–Crippen LogP) is 8.97. The summed E-state index contributed by atoms with van der Waals surface area (Å²) < 4.78 is 13.7. The van der Waals surface area contributed by atoms with Gasteiger partial charge in [-0.1, -0.05) is 50.2 Å². The lowest BCUT2D eigenvalue weighted by atomic mass is 9.90. The van der Waals surface area contributed by atoms with Crippen molar-refractivity contribution >= 4 is 33.3 Å². The highest BCUT2D eigenvalue weighted by Crippen LogP contribution is 2.36. The third kappa shape index (κ3) is 7.64. The molecule has 2 nitrogen and oxygen atoms in total. The maximum atomic E-state index is 6.83. The van der Waals surface area contributed by atoms with Crippen LogP contribution in [-0.4, -0.2) is 33.3 Å². The number of aryl methyl sites for hydroxylation is 4. The van der Waals surface area contributed by atoms with E-state index in [1.165, 1.54) is 22.3 Å². The highest BCUT2D eigenvalue weighted by Gasteiger charge is 2.38. The molecule has 0 saturated carbocycles. The molecule has 2 atom stereocenters. The molecule has 0 N–H and O–H groups in total. The van der Waals surface area contributed by atoms with Crippen LogP contribution in [-0.2, 0) is 33.9 Å². The van der Waals surface area contributed by atoms with E-state index in [2.05, 4.69) is 116 Å². The Kier molecular flexibility index (Phi) is 8.91. The van der Waals surface area contributed by atoms with Crippen LogP contribution in [0.5, 0.6) is 0 Å². The van der Waals surface area contributed by atoms with E-state index in [0.717, 1.165) is 25.7 Å². The molecule has 6 heteroatoms. The summed E-state index contributed by atoms with van der Waals surface area (Å²) in [5, 5.41) is 0. The molecule has 36 heavy (non-hydrogen) atoms. The minimum Gasteiger partial charge on any atom is -0.455 e. The smallest absolute Gasteiger partial charge is 0.180 e. The van der Waals surface area contributed by atoms with Gasteiger partial charge in [-0.05, 0) is 136 Å². The Balaban J connectivity index is 1.95. The van der Waals surface area contributed by atoms with Crippen LogP contribution in [0.3, 0.4) is 0 Å². The Labute approximate surface area is 226 Å². The second-order valence-electron chi connectivity index (χ2n) is 14.1. The van der Waals surface area contributed by atoms with E-state index in [1.807, 2.05) is 0 Å². The molecule has 0 aliphatic heterocycles. The number of benzene rings is 2. The highest BCUT2D eigenvalue weighted by molar-refractivity contribution is 6.85. The van der Waals surface area contributed by atoms with Gasteiger partial charge in [0.1, 0.15) is 0 Å². The lowest BCUT2D eigenvalue weighted by Gasteiger charge is -2.38. The average Bonchev–Trinajstić information content (AvgIpc) is 2.70. The van der Waals surface area contributed by atoms with Gasteiger partial charge in [-0.25, -0.2) is 0 Å². The van der Waals surface area contributed by atoms with Crippen LogP contribution in [0.25, 0.3) is 0 Å². The summed E-state index contributed by atoms with van der Waals surface area (Å²) in [5.41, 5.74) is 10.0. The van der Waals surface area contributed by atoms with Crippen LogP contribution < -0.4 is 0 Å². The summed E-state index contributed by atoms with van der Waals surface area (Å²) in [4.78, 5) is 0. The van der Waals surface area contributed by atoms with Crippen LogP contribution in [0.1, 0.15) is 58.3 Å². The van der Waals surface area contributed by atoms with Gasteiger partial charge in [-0.15, -0.1) is 0 Å². The topological polar surface area (TPSA) is 18.5 Å². The molecule has 0 saturated heterocycles. The molecular formula is C30H52O2Si4. The normalized spacial score (nSPS) is 17.0. The van der Waals surface area contributed by atoms with Crippen molar-refractivity contribution in [2.75, 3.05) is 0 Å². The van der Waals surface area contributed by atoms with Gasteiger partial charge in [-0.2, -0.15) is 0 Å². The van der Waals surface area contributed by atoms with Crippen molar-refractivity contribution in [3.63, 3.8) is 0 Å². The number of rotatable bonds is 8. The lowest BCUT2D eigenvalue weighted by molar-refractivity contribution is 0.531. The highest BCUT2D eigenvalue weighted by atomic mass is 28.4. The van der Waals surface area contributed by atoms with Gasteiger partial charge in [0.15, 0.2) is 33.3 Å². The van der Waals surface area contributed by atoms with Gasteiger partial charge in [-0.3, -0.25) is 0 Å². The predicted molar refractivity (Wildman–Crippen MR) is 168 cm³/mol. The molecule has 4 bridgehead atoms. The molecule has 0 spiro atoms. The third-order valence-corrected chi connectivity index (χ3v) is 21.8. The van der Waals surface area contributed by atoms with Crippen molar-refractivity contribution < 1.29 is 8.23 Å². The molecule has 2 unspecified atom stereocenters. The van der Waals surface area contributed by atoms with E-state index in [-0.39, 0.29) is 0 Å². The molecule has 200 valence electrons. The van der Waals surface area contributed by atoms with Gasteiger partial charge < -0.3 is 8.23 Å². The van der Waals surface area contributed by atoms with E-state index in [9.17, 15) is 0 Å². The zero-order chi connectivity index (χ0) is 27.1. The van der Waals surface area contributed by atoms with Crippen LogP contribution in [0.4, 0.5) is 0 Å². The molecule has 0 fully saturated rings. The summed E-state index contributed by atoms with van der Waals surface area (Å²) in [6.07, 6.45) is 4.37. The van der Waals surface area contributed by atoms with Crippen molar-refractivity contribution in [3.8, 4) is 0 Å². The monoisotopic (exact) mass is 556 g/mol. The molecule has 0 heterocycles. The largest absolute Gasteiger partial charge is 0.455 e. The number of hydrogen-bond donors (Lipinski definition) is 0. The standard InChI is InChI=1S/C30H52O2Si4/c1-23(35(9,10)31-33(3,4)5)29-21-25-13-17-27(29)19-15-26-14-18-28(20-16-25)30(22-26)24(2)36(11,12)32-34(6,7)8/h13-14,17-18,21-24H,15-16,19-20H2,1-12H3. The molecule has 0 aromatic heterocycles.